The SMILES string of the molecule is CCS(=O)(=O)N(CCBr)C(C)C. The van der Waals surface area contributed by atoms with Crippen LogP contribution in [0.25, 0.3) is 0 Å². The summed E-state index contributed by atoms with van der Waals surface area (Å²) in [5.41, 5.74) is 0. The van der Waals surface area contributed by atoms with Gasteiger partial charge < -0.3 is 0 Å². The maximum Gasteiger partial charge on any atom is 0.214 e. The Hall–Kier alpha value is 0.390. The molecule has 12 heavy (non-hydrogen) atoms. The van der Waals surface area contributed by atoms with Gasteiger partial charge in [0.15, 0.2) is 0 Å². The summed E-state index contributed by atoms with van der Waals surface area (Å²) < 4.78 is 24.4. The first-order chi connectivity index (χ1) is 5.45. The molecule has 0 aromatic heterocycles. The van der Waals surface area contributed by atoms with Crippen LogP contribution in [0.2, 0.25) is 0 Å². The van der Waals surface area contributed by atoms with Crippen molar-refractivity contribution in [3.05, 3.63) is 0 Å². The van der Waals surface area contributed by atoms with Gasteiger partial charge in [-0.05, 0) is 20.8 Å². The Kier molecular flexibility index (Phi) is 5.36. The minimum atomic E-state index is -3.02. The fourth-order valence-electron chi connectivity index (χ4n) is 0.968. The van der Waals surface area contributed by atoms with Crippen molar-refractivity contribution in [1.82, 2.24) is 4.31 Å². The third-order valence-corrected chi connectivity index (χ3v) is 4.01. The van der Waals surface area contributed by atoms with E-state index in [2.05, 4.69) is 15.9 Å². The molecule has 0 aromatic carbocycles. The molecule has 0 fully saturated rings. The number of hydrogen-bond donors (Lipinski definition) is 0. The quantitative estimate of drug-likeness (QED) is 0.700. The molecule has 0 saturated heterocycles. The first-order valence-electron chi connectivity index (χ1n) is 4.01. The van der Waals surface area contributed by atoms with Gasteiger partial charge in [0.25, 0.3) is 0 Å². The molecule has 5 heteroatoms. The van der Waals surface area contributed by atoms with Crippen LogP contribution in [0.5, 0.6) is 0 Å². The van der Waals surface area contributed by atoms with E-state index in [0.717, 1.165) is 0 Å². The van der Waals surface area contributed by atoms with Crippen LogP contribution in [-0.4, -0.2) is 36.4 Å². The van der Waals surface area contributed by atoms with Crippen molar-refractivity contribution in [1.29, 1.82) is 0 Å². The van der Waals surface area contributed by atoms with E-state index in [1.54, 1.807) is 6.92 Å². The first-order valence-corrected chi connectivity index (χ1v) is 6.74. The second-order valence-corrected chi connectivity index (χ2v) is 5.80. The smallest absolute Gasteiger partial charge is 0.212 e. The van der Waals surface area contributed by atoms with Gasteiger partial charge in [-0.1, -0.05) is 15.9 Å². The van der Waals surface area contributed by atoms with Crippen LogP contribution >= 0.6 is 15.9 Å². The van der Waals surface area contributed by atoms with Gasteiger partial charge >= 0.3 is 0 Å². The summed E-state index contributed by atoms with van der Waals surface area (Å²) in [6.45, 7) is 5.98. The van der Waals surface area contributed by atoms with E-state index in [9.17, 15) is 8.42 Å². The Labute approximate surface area is 83.3 Å². The lowest BCUT2D eigenvalue weighted by atomic mass is 10.4. The Bertz CT molecular complexity index is 213. The molecule has 0 N–H and O–H groups in total. The third kappa shape index (κ3) is 3.41. The van der Waals surface area contributed by atoms with Gasteiger partial charge in [0.05, 0.1) is 5.75 Å². The molecular formula is C7H16BrNO2S. The fourth-order valence-corrected chi connectivity index (χ4v) is 2.93. The minimum Gasteiger partial charge on any atom is -0.212 e. The molecule has 0 spiro atoms. The Morgan fingerprint density at radius 1 is 1.42 bits per heavy atom. The Morgan fingerprint density at radius 3 is 2.17 bits per heavy atom. The predicted molar refractivity (Wildman–Crippen MR) is 55.1 cm³/mol. The van der Waals surface area contributed by atoms with Crippen LogP contribution in [0.15, 0.2) is 0 Å². The standard InChI is InChI=1S/C7H16BrNO2S/c1-4-12(10,11)9(6-5-8)7(2)3/h7H,4-6H2,1-3H3. The van der Waals surface area contributed by atoms with Crippen LogP contribution in [0.4, 0.5) is 0 Å². The molecule has 3 nitrogen and oxygen atoms in total. The van der Waals surface area contributed by atoms with Gasteiger partial charge in [-0.2, -0.15) is 4.31 Å². The zero-order valence-corrected chi connectivity index (χ0v) is 10.2. The highest BCUT2D eigenvalue weighted by atomic mass is 79.9. The highest BCUT2D eigenvalue weighted by Gasteiger charge is 2.21. The predicted octanol–water partition coefficient (Wildman–Crippen LogP) is 1.44. The molecule has 0 rings (SSSR count). The zero-order valence-electron chi connectivity index (χ0n) is 7.75. The van der Waals surface area contributed by atoms with Crippen molar-refractivity contribution in [2.75, 3.05) is 17.6 Å². The van der Waals surface area contributed by atoms with E-state index in [-0.39, 0.29) is 11.8 Å². The summed E-state index contributed by atoms with van der Waals surface area (Å²) in [7, 11) is -3.02. The van der Waals surface area contributed by atoms with Crippen LogP contribution in [-0.2, 0) is 10.0 Å². The number of rotatable bonds is 5. The van der Waals surface area contributed by atoms with Crippen molar-refractivity contribution in [2.24, 2.45) is 0 Å². The number of nitrogens with zero attached hydrogens (tertiary/aromatic N) is 1. The number of halogens is 1. The molecule has 0 amide bonds. The zero-order chi connectivity index (χ0) is 9.78. The molecule has 0 radical (unpaired) electrons. The van der Waals surface area contributed by atoms with Crippen LogP contribution < -0.4 is 0 Å². The highest BCUT2D eigenvalue weighted by molar-refractivity contribution is 9.09. The van der Waals surface area contributed by atoms with E-state index in [1.807, 2.05) is 13.8 Å². The van der Waals surface area contributed by atoms with Gasteiger partial charge in [0, 0.05) is 17.9 Å². The van der Waals surface area contributed by atoms with Crippen molar-refractivity contribution in [2.45, 2.75) is 26.8 Å². The van der Waals surface area contributed by atoms with Crippen LogP contribution in [0.1, 0.15) is 20.8 Å². The van der Waals surface area contributed by atoms with Crippen molar-refractivity contribution in [3.8, 4) is 0 Å². The molecule has 0 bridgehead atoms. The number of hydrogen-bond acceptors (Lipinski definition) is 2. The monoisotopic (exact) mass is 257 g/mol. The van der Waals surface area contributed by atoms with Gasteiger partial charge in [0.1, 0.15) is 0 Å². The molecule has 0 aromatic rings. The van der Waals surface area contributed by atoms with Gasteiger partial charge in [0.2, 0.25) is 10.0 Å². The molecule has 0 aliphatic heterocycles. The average Bonchev–Trinajstić information content (AvgIpc) is 1.99. The normalized spacial score (nSPS) is 12.8. The maximum absolute atomic E-state index is 11.4. The van der Waals surface area contributed by atoms with Crippen LogP contribution in [0, 0.1) is 0 Å². The first kappa shape index (κ1) is 12.4. The minimum absolute atomic E-state index is 0.0486. The van der Waals surface area contributed by atoms with E-state index in [1.165, 1.54) is 4.31 Å². The van der Waals surface area contributed by atoms with Crippen molar-refractivity contribution in [3.63, 3.8) is 0 Å². The molecule has 0 saturated carbocycles. The summed E-state index contributed by atoms with van der Waals surface area (Å²) in [5, 5.41) is 0.685. The van der Waals surface area contributed by atoms with Crippen molar-refractivity contribution < 1.29 is 8.42 Å². The summed E-state index contributed by atoms with van der Waals surface area (Å²) in [6.07, 6.45) is 0. The third-order valence-electron chi connectivity index (χ3n) is 1.60. The topological polar surface area (TPSA) is 37.4 Å². The second kappa shape index (κ2) is 5.19. The Morgan fingerprint density at radius 2 is 1.92 bits per heavy atom. The summed E-state index contributed by atoms with van der Waals surface area (Å²) in [6, 6.07) is 0.0486. The maximum atomic E-state index is 11.4. The molecular weight excluding hydrogens is 242 g/mol. The molecule has 0 heterocycles. The van der Waals surface area contributed by atoms with Crippen molar-refractivity contribution >= 4 is 26.0 Å². The summed E-state index contributed by atoms with van der Waals surface area (Å²) in [5.74, 6) is 0.179. The fraction of sp³-hybridized carbons (Fsp3) is 1.00. The largest absolute Gasteiger partial charge is 0.214 e. The van der Waals surface area contributed by atoms with Crippen LogP contribution in [0.3, 0.4) is 0 Å². The molecule has 0 unspecified atom stereocenters. The summed E-state index contributed by atoms with van der Waals surface area (Å²) in [4.78, 5) is 0. The lowest BCUT2D eigenvalue weighted by molar-refractivity contribution is 0.373. The lowest BCUT2D eigenvalue weighted by Crippen LogP contribution is -2.39. The molecule has 74 valence electrons. The number of alkyl halides is 1. The highest BCUT2D eigenvalue weighted by Crippen LogP contribution is 2.07. The number of sulfonamides is 1. The molecule has 0 atom stereocenters. The molecule has 0 aliphatic carbocycles. The van der Waals surface area contributed by atoms with E-state index in [4.69, 9.17) is 0 Å². The molecule has 0 aliphatic rings. The van der Waals surface area contributed by atoms with E-state index < -0.39 is 10.0 Å². The lowest BCUT2D eigenvalue weighted by Gasteiger charge is -2.24. The summed E-state index contributed by atoms with van der Waals surface area (Å²) >= 11 is 3.23. The Balaban J connectivity index is 4.51. The van der Waals surface area contributed by atoms with Gasteiger partial charge in [-0.15, -0.1) is 0 Å². The van der Waals surface area contributed by atoms with E-state index in [0.29, 0.717) is 11.9 Å². The van der Waals surface area contributed by atoms with Gasteiger partial charge in [-0.3, -0.25) is 0 Å². The van der Waals surface area contributed by atoms with Gasteiger partial charge in [-0.25, -0.2) is 8.42 Å². The van der Waals surface area contributed by atoms with E-state index >= 15 is 0 Å². The second-order valence-electron chi connectivity index (χ2n) is 2.79. The average molecular weight is 258 g/mol.